The predicted molar refractivity (Wildman–Crippen MR) is 100 cm³/mol. The minimum absolute atomic E-state index is 0.203. The number of aryl methyl sites for hydroxylation is 2. The van der Waals surface area contributed by atoms with Gasteiger partial charge in [0.1, 0.15) is 5.69 Å². The number of carbonyl (C=O) groups is 1. The van der Waals surface area contributed by atoms with Crippen molar-refractivity contribution in [1.29, 1.82) is 0 Å². The topological polar surface area (TPSA) is 50.6 Å². The van der Waals surface area contributed by atoms with E-state index in [-0.39, 0.29) is 5.91 Å². The van der Waals surface area contributed by atoms with Crippen molar-refractivity contribution in [2.24, 2.45) is 13.0 Å². The van der Waals surface area contributed by atoms with Crippen LogP contribution in [0.1, 0.15) is 53.8 Å². The zero-order valence-electron chi connectivity index (χ0n) is 16.1. The molecular weight excluding hydrogens is 328 g/mol. The smallest absolute Gasteiger partial charge is 0.272 e. The van der Waals surface area contributed by atoms with Gasteiger partial charge in [0.15, 0.2) is 0 Å². The van der Waals surface area contributed by atoms with Crippen LogP contribution in [0.2, 0.25) is 0 Å². The third-order valence-electron chi connectivity index (χ3n) is 6.38. The zero-order chi connectivity index (χ0) is 17.9. The first kappa shape index (κ1) is 18.0. The summed E-state index contributed by atoms with van der Waals surface area (Å²) in [6.45, 7) is 6.87. The van der Waals surface area contributed by atoms with E-state index in [1.807, 2.05) is 11.7 Å². The third-order valence-corrected chi connectivity index (χ3v) is 6.38. The highest BCUT2D eigenvalue weighted by molar-refractivity contribution is 5.94. The lowest BCUT2D eigenvalue weighted by molar-refractivity contribution is 0.0331. The number of ether oxygens (including phenoxy) is 1. The number of morpholine rings is 1. The Morgan fingerprint density at radius 3 is 2.62 bits per heavy atom. The number of rotatable bonds is 4. The summed E-state index contributed by atoms with van der Waals surface area (Å²) in [4.78, 5) is 17.7. The first-order valence-electron chi connectivity index (χ1n) is 10.4. The molecule has 0 spiro atoms. The number of likely N-dealkylation sites (tertiary alicyclic amines) is 1. The van der Waals surface area contributed by atoms with Crippen molar-refractivity contribution in [2.45, 2.75) is 44.9 Å². The second-order valence-electron chi connectivity index (χ2n) is 8.08. The summed E-state index contributed by atoms with van der Waals surface area (Å²) in [6, 6.07) is 0. The maximum atomic E-state index is 13.1. The molecule has 1 aromatic heterocycles. The molecule has 6 nitrogen and oxygen atoms in total. The molecule has 1 aliphatic carbocycles. The van der Waals surface area contributed by atoms with Gasteiger partial charge in [0.25, 0.3) is 5.91 Å². The molecule has 2 fully saturated rings. The van der Waals surface area contributed by atoms with Gasteiger partial charge >= 0.3 is 0 Å². The lowest BCUT2D eigenvalue weighted by atomic mass is 9.92. The van der Waals surface area contributed by atoms with Gasteiger partial charge in [-0.1, -0.05) is 0 Å². The van der Waals surface area contributed by atoms with Crippen molar-refractivity contribution in [1.82, 2.24) is 19.6 Å². The quantitative estimate of drug-likeness (QED) is 0.823. The SMILES string of the molecule is Cn1nc2c(c1C(=O)N1CCC(CCN3CCOCC3)CC1)CCCC2. The number of aromatic nitrogens is 2. The third kappa shape index (κ3) is 3.81. The van der Waals surface area contributed by atoms with E-state index < -0.39 is 0 Å². The summed E-state index contributed by atoms with van der Waals surface area (Å²) in [5, 5.41) is 4.62. The monoisotopic (exact) mass is 360 g/mol. The molecule has 1 aromatic rings. The molecule has 3 aliphatic rings. The summed E-state index contributed by atoms with van der Waals surface area (Å²) in [5.74, 6) is 0.956. The van der Waals surface area contributed by atoms with Crippen molar-refractivity contribution in [3.05, 3.63) is 17.0 Å². The molecular formula is C20H32N4O2. The standard InChI is InChI=1S/C20H32N4O2/c1-22-19(17-4-2-3-5-18(17)21-22)20(25)24-10-7-16(8-11-24)6-9-23-12-14-26-15-13-23/h16H,2-15H2,1H3. The van der Waals surface area contributed by atoms with E-state index in [0.717, 1.165) is 82.4 Å². The minimum Gasteiger partial charge on any atom is -0.379 e. The average Bonchev–Trinajstić information content (AvgIpc) is 3.03. The fourth-order valence-corrected chi connectivity index (χ4v) is 4.71. The van der Waals surface area contributed by atoms with Crippen LogP contribution in [0.25, 0.3) is 0 Å². The molecule has 0 bridgehead atoms. The van der Waals surface area contributed by atoms with Crippen LogP contribution in [0.3, 0.4) is 0 Å². The molecule has 3 heterocycles. The molecule has 1 amide bonds. The van der Waals surface area contributed by atoms with Gasteiger partial charge in [-0.15, -0.1) is 0 Å². The lowest BCUT2D eigenvalue weighted by Crippen LogP contribution is -2.41. The first-order chi connectivity index (χ1) is 12.7. The second-order valence-corrected chi connectivity index (χ2v) is 8.08. The molecule has 26 heavy (non-hydrogen) atoms. The molecule has 0 atom stereocenters. The van der Waals surface area contributed by atoms with Gasteiger partial charge in [-0.2, -0.15) is 5.10 Å². The molecule has 144 valence electrons. The Kier molecular flexibility index (Phi) is 5.60. The van der Waals surface area contributed by atoms with Crippen molar-refractivity contribution in [3.63, 3.8) is 0 Å². The number of nitrogens with zero attached hydrogens (tertiary/aromatic N) is 4. The van der Waals surface area contributed by atoms with Gasteiger partial charge in [-0.05, 0) is 57.4 Å². The Bertz CT molecular complexity index is 628. The molecule has 2 saturated heterocycles. The molecule has 2 aliphatic heterocycles. The van der Waals surface area contributed by atoms with Crippen LogP contribution in [-0.4, -0.2) is 71.4 Å². The normalized spacial score (nSPS) is 22.4. The van der Waals surface area contributed by atoms with E-state index in [1.54, 1.807) is 0 Å². The Hall–Kier alpha value is -1.40. The van der Waals surface area contributed by atoms with Crippen LogP contribution >= 0.6 is 0 Å². The van der Waals surface area contributed by atoms with Crippen LogP contribution in [0.5, 0.6) is 0 Å². The molecule has 0 saturated carbocycles. The van der Waals surface area contributed by atoms with Crippen molar-refractivity contribution in [2.75, 3.05) is 45.9 Å². The van der Waals surface area contributed by atoms with Gasteiger partial charge < -0.3 is 9.64 Å². The van der Waals surface area contributed by atoms with E-state index in [0.29, 0.717) is 0 Å². The molecule has 0 radical (unpaired) electrons. The van der Waals surface area contributed by atoms with E-state index in [1.165, 1.54) is 31.4 Å². The van der Waals surface area contributed by atoms with Crippen molar-refractivity contribution < 1.29 is 9.53 Å². The van der Waals surface area contributed by atoms with Crippen LogP contribution in [0.15, 0.2) is 0 Å². The van der Waals surface area contributed by atoms with E-state index in [4.69, 9.17) is 4.74 Å². The molecule has 4 rings (SSSR count). The van der Waals surface area contributed by atoms with E-state index in [9.17, 15) is 4.79 Å². The minimum atomic E-state index is 0.203. The fraction of sp³-hybridized carbons (Fsp3) is 0.800. The molecule has 0 unspecified atom stereocenters. The van der Waals surface area contributed by atoms with Gasteiger partial charge in [0.2, 0.25) is 0 Å². The summed E-state index contributed by atoms with van der Waals surface area (Å²) >= 11 is 0. The summed E-state index contributed by atoms with van der Waals surface area (Å²) < 4.78 is 7.26. The number of amides is 1. The second kappa shape index (κ2) is 8.09. The molecule has 0 aromatic carbocycles. The van der Waals surface area contributed by atoms with Gasteiger partial charge in [-0.25, -0.2) is 0 Å². The Morgan fingerprint density at radius 1 is 1.12 bits per heavy atom. The van der Waals surface area contributed by atoms with E-state index >= 15 is 0 Å². The average molecular weight is 361 g/mol. The highest BCUT2D eigenvalue weighted by atomic mass is 16.5. The van der Waals surface area contributed by atoms with Crippen molar-refractivity contribution in [3.8, 4) is 0 Å². The van der Waals surface area contributed by atoms with Crippen LogP contribution in [0, 0.1) is 5.92 Å². The first-order valence-corrected chi connectivity index (χ1v) is 10.4. The maximum Gasteiger partial charge on any atom is 0.272 e. The molecule has 0 N–H and O–H groups in total. The summed E-state index contributed by atoms with van der Waals surface area (Å²) in [5.41, 5.74) is 3.23. The largest absolute Gasteiger partial charge is 0.379 e. The number of hydrogen-bond donors (Lipinski definition) is 0. The van der Waals surface area contributed by atoms with Crippen LogP contribution in [0.4, 0.5) is 0 Å². The summed E-state index contributed by atoms with van der Waals surface area (Å²) in [6.07, 6.45) is 7.95. The number of carbonyl (C=O) groups excluding carboxylic acids is 1. The van der Waals surface area contributed by atoms with Gasteiger partial charge in [0.05, 0.1) is 18.9 Å². The predicted octanol–water partition coefficient (Wildman–Crippen LogP) is 1.87. The molecule has 6 heteroatoms. The van der Waals surface area contributed by atoms with E-state index in [2.05, 4.69) is 14.9 Å². The summed E-state index contributed by atoms with van der Waals surface area (Å²) in [7, 11) is 1.93. The Labute approximate surface area is 156 Å². The number of piperidine rings is 1. The lowest BCUT2D eigenvalue weighted by Gasteiger charge is -2.34. The van der Waals surface area contributed by atoms with Crippen LogP contribution < -0.4 is 0 Å². The van der Waals surface area contributed by atoms with Crippen molar-refractivity contribution >= 4 is 5.91 Å². The fourth-order valence-electron chi connectivity index (χ4n) is 4.71. The zero-order valence-corrected chi connectivity index (χ0v) is 16.1. The van der Waals surface area contributed by atoms with Gasteiger partial charge in [0, 0.05) is 38.8 Å². The Morgan fingerprint density at radius 2 is 1.85 bits per heavy atom. The van der Waals surface area contributed by atoms with Gasteiger partial charge in [-0.3, -0.25) is 14.4 Å². The Balaban J connectivity index is 1.30. The number of fused-ring (bicyclic) bond motifs is 1. The highest BCUT2D eigenvalue weighted by Crippen LogP contribution is 2.27. The number of hydrogen-bond acceptors (Lipinski definition) is 4. The highest BCUT2D eigenvalue weighted by Gasteiger charge is 2.30. The van der Waals surface area contributed by atoms with Crippen LogP contribution in [-0.2, 0) is 24.6 Å². The maximum absolute atomic E-state index is 13.1.